The predicted octanol–water partition coefficient (Wildman–Crippen LogP) is 0.822. The largest absolute Gasteiger partial charge is 0.259 e. The summed E-state index contributed by atoms with van der Waals surface area (Å²) in [4.78, 5) is 0. The van der Waals surface area contributed by atoms with E-state index in [1.54, 1.807) is 7.05 Å². The third-order valence-electron chi connectivity index (χ3n) is 4.57. The Hall–Kier alpha value is -1.73. The Balaban J connectivity index is 1.60. The van der Waals surface area contributed by atoms with Gasteiger partial charge in [-0.3, -0.25) is 0 Å². The molecular weight excluding hydrogens is 288 g/mol. The summed E-state index contributed by atoms with van der Waals surface area (Å²) < 4.78 is 28.9. The number of rotatable bonds is 3. The molecule has 1 N–H and O–H groups in total. The van der Waals surface area contributed by atoms with Crippen LogP contribution in [0.15, 0.2) is 35.5 Å². The average molecular weight is 304 g/mol. The van der Waals surface area contributed by atoms with E-state index in [9.17, 15) is 8.42 Å². The zero-order valence-electron chi connectivity index (χ0n) is 11.6. The second kappa shape index (κ2) is 4.38. The number of hydrogen-bond donors (Lipinski definition) is 1. The fraction of sp³-hybridized carbons (Fsp3) is 0.429. The van der Waals surface area contributed by atoms with Gasteiger partial charge in [0.05, 0.1) is 6.20 Å². The summed E-state index contributed by atoms with van der Waals surface area (Å²) in [6, 6.07) is 8.32. The predicted molar refractivity (Wildman–Crippen MR) is 76.1 cm³/mol. The van der Waals surface area contributed by atoms with E-state index in [1.165, 1.54) is 22.0 Å². The van der Waals surface area contributed by atoms with Gasteiger partial charge < -0.3 is 0 Å². The number of sulfonamides is 1. The lowest BCUT2D eigenvalue weighted by molar-refractivity contribution is 0.555. The smallest absolute Gasteiger partial charge is 0.236 e. The Bertz CT molecular complexity index is 799. The molecule has 1 aromatic carbocycles. The van der Waals surface area contributed by atoms with Crippen molar-refractivity contribution in [1.82, 2.24) is 19.7 Å². The van der Waals surface area contributed by atoms with E-state index >= 15 is 0 Å². The highest BCUT2D eigenvalue weighted by Crippen LogP contribution is 2.54. The number of nitrogens with zero attached hydrogens (tertiary/aromatic N) is 3. The molecule has 0 radical (unpaired) electrons. The van der Waals surface area contributed by atoms with Crippen molar-refractivity contribution < 1.29 is 8.42 Å². The molecule has 0 bridgehead atoms. The highest BCUT2D eigenvalue weighted by Gasteiger charge is 2.54. The van der Waals surface area contributed by atoms with Gasteiger partial charge in [-0.05, 0) is 29.9 Å². The fourth-order valence-corrected chi connectivity index (χ4v) is 4.86. The van der Waals surface area contributed by atoms with E-state index in [1.807, 2.05) is 12.1 Å². The van der Waals surface area contributed by atoms with Crippen LogP contribution in [-0.2, 0) is 23.5 Å². The van der Waals surface area contributed by atoms with Crippen LogP contribution in [0.3, 0.4) is 0 Å². The molecule has 6 nitrogen and oxygen atoms in total. The molecule has 2 aliphatic carbocycles. The van der Waals surface area contributed by atoms with Crippen LogP contribution in [-0.4, -0.2) is 29.5 Å². The third-order valence-corrected chi connectivity index (χ3v) is 6.07. The molecule has 1 heterocycles. The second-order valence-electron chi connectivity index (χ2n) is 5.77. The SMILES string of the molecule is Cn1nncc1S(=O)(=O)NC1C2CCc3ccccc3C21. The molecule has 21 heavy (non-hydrogen) atoms. The summed E-state index contributed by atoms with van der Waals surface area (Å²) in [7, 11) is -1.98. The first-order valence-corrected chi connectivity index (χ1v) is 8.51. The van der Waals surface area contributed by atoms with Gasteiger partial charge in [0, 0.05) is 19.0 Å². The van der Waals surface area contributed by atoms with Crippen molar-refractivity contribution in [1.29, 1.82) is 0 Å². The Morgan fingerprint density at radius 2 is 2.14 bits per heavy atom. The number of aromatic nitrogens is 3. The fourth-order valence-electron chi connectivity index (χ4n) is 3.49. The molecule has 2 aliphatic rings. The first kappa shape index (κ1) is 13.0. The van der Waals surface area contributed by atoms with Crippen molar-refractivity contribution in [2.45, 2.75) is 29.8 Å². The summed E-state index contributed by atoms with van der Waals surface area (Å²) in [6.45, 7) is 0. The zero-order chi connectivity index (χ0) is 14.6. The van der Waals surface area contributed by atoms with E-state index in [0.29, 0.717) is 11.8 Å². The highest BCUT2D eigenvalue weighted by molar-refractivity contribution is 7.89. The number of benzene rings is 1. The minimum Gasteiger partial charge on any atom is -0.236 e. The highest BCUT2D eigenvalue weighted by atomic mass is 32.2. The maximum Gasteiger partial charge on any atom is 0.259 e. The van der Waals surface area contributed by atoms with Gasteiger partial charge in [-0.15, -0.1) is 5.10 Å². The molecule has 7 heteroatoms. The summed E-state index contributed by atoms with van der Waals surface area (Å²) in [6.07, 6.45) is 3.35. The Morgan fingerprint density at radius 1 is 1.33 bits per heavy atom. The van der Waals surface area contributed by atoms with Crippen molar-refractivity contribution in [3.63, 3.8) is 0 Å². The van der Waals surface area contributed by atoms with Gasteiger partial charge in [0.15, 0.2) is 5.03 Å². The van der Waals surface area contributed by atoms with Crippen molar-refractivity contribution in [3.8, 4) is 0 Å². The number of aryl methyl sites for hydroxylation is 2. The van der Waals surface area contributed by atoms with Gasteiger partial charge in [-0.1, -0.05) is 29.5 Å². The molecule has 1 saturated carbocycles. The van der Waals surface area contributed by atoms with Crippen LogP contribution in [0.1, 0.15) is 23.5 Å². The molecule has 0 amide bonds. The lowest BCUT2D eigenvalue weighted by Crippen LogP contribution is -2.29. The van der Waals surface area contributed by atoms with E-state index in [-0.39, 0.29) is 11.1 Å². The standard InChI is InChI=1S/C14H16N4O2S/c1-18-12(8-15-17-18)21(19,20)16-14-11-7-6-9-4-2-3-5-10(9)13(11)14/h2-5,8,11,13-14,16H,6-7H2,1H3. The zero-order valence-corrected chi connectivity index (χ0v) is 12.4. The minimum absolute atomic E-state index is 0.00597. The lowest BCUT2D eigenvalue weighted by atomic mass is 9.92. The van der Waals surface area contributed by atoms with E-state index in [2.05, 4.69) is 27.2 Å². The van der Waals surface area contributed by atoms with Crippen LogP contribution >= 0.6 is 0 Å². The summed E-state index contributed by atoms with van der Waals surface area (Å²) in [5.41, 5.74) is 2.65. The molecule has 0 saturated heterocycles. The number of fused-ring (bicyclic) bond motifs is 3. The average Bonchev–Trinajstić information content (AvgIpc) is 2.96. The van der Waals surface area contributed by atoms with Crippen molar-refractivity contribution >= 4 is 10.0 Å². The van der Waals surface area contributed by atoms with Gasteiger partial charge in [-0.2, -0.15) is 0 Å². The number of nitrogens with one attached hydrogen (secondary N) is 1. The normalized spacial score (nSPS) is 27.0. The van der Waals surface area contributed by atoms with Crippen LogP contribution in [0, 0.1) is 5.92 Å². The van der Waals surface area contributed by atoms with E-state index < -0.39 is 10.0 Å². The van der Waals surface area contributed by atoms with Gasteiger partial charge in [0.25, 0.3) is 10.0 Å². The van der Waals surface area contributed by atoms with Gasteiger partial charge >= 0.3 is 0 Å². The molecule has 4 rings (SSSR count). The van der Waals surface area contributed by atoms with Crippen molar-refractivity contribution in [3.05, 3.63) is 41.6 Å². The lowest BCUT2D eigenvalue weighted by Gasteiger charge is -2.13. The molecule has 2 aromatic rings. The van der Waals surface area contributed by atoms with Crippen LogP contribution in [0.5, 0.6) is 0 Å². The van der Waals surface area contributed by atoms with Crippen LogP contribution in [0.4, 0.5) is 0 Å². The Labute approximate surface area is 123 Å². The summed E-state index contributed by atoms with van der Waals surface area (Å²) in [5.74, 6) is 0.724. The summed E-state index contributed by atoms with van der Waals surface area (Å²) in [5, 5.41) is 7.43. The van der Waals surface area contributed by atoms with E-state index in [4.69, 9.17) is 0 Å². The van der Waals surface area contributed by atoms with Gasteiger partial charge in [-0.25, -0.2) is 17.8 Å². The molecule has 3 atom stereocenters. The van der Waals surface area contributed by atoms with E-state index in [0.717, 1.165) is 12.8 Å². The van der Waals surface area contributed by atoms with Crippen molar-refractivity contribution in [2.24, 2.45) is 13.0 Å². The second-order valence-corrected chi connectivity index (χ2v) is 7.43. The van der Waals surface area contributed by atoms with Crippen LogP contribution < -0.4 is 4.72 Å². The Morgan fingerprint density at radius 3 is 2.90 bits per heavy atom. The molecule has 0 aliphatic heterocycles. The van der Waals surface area contributed by atoms with Gasteiger partial charge in [0.2, 0.25) is 0 Å². The van der Waals surface area contributed by atoms with Crippen molar-refractivity contribution in [2.75, 3.05) is 0 Å². The monoisotopic (exact) mass is 304 g/mol. The third kappa shape index (κ3) is 1.99. The first-order chi connectivity index (χ1) is 10.1. The van der Waals surface area contributed by atoms with Crippen LogP contribution in [0.25, 0.3) is 0 Å². The quantitative estimate of drug-likeness (QED) is 0.911. The molecule has 0 spiro atoms. The molecule has 1 aromatic heterocycles. The topological polar surface area (TPSA) is 76.9 Å². The summed E-state index contributed by atoms with van der Waals surface area (Å²) >= 11 is 0. The van der Waals surface area contributed by atoms with Gasteiger partial charge in [0.1, 0.15) is 0 Å². The molecule has 1 fully saturated rings. The molecule has 3 unspecified atom stereocenters. The first-order valence-electron chi connectivity index (χ1n) is 7.03. The molecule has 110 valence electrons. The Kier molecular flexibility index (Phi) is 2.71. The maximum absolute atomic E-state index is 12.4. The maximum atomic E-state index is 12.4. The number of hydrogen-bond acceptors (Lipinski definition) is 4. The van der Waals surface area contributed by atoms with Crippen LogP contribution in [0.2, 0.25) is 0 Å². The molecular formula is C14H16N4O2S. The minimum atomic E-state index is -3.56.